The van der Waals surface area contributed by atoms with Gasteiger partial charge in [0.05, 0.1) is 0 Å². The van der Waals surface area contributed by atoms with Crippen LogP contribution in [0.5, 0.6) is 0 Å². The fraction of sp³-hybridized carbons (Fsp3) is 0.500. The number of rotatable bonds is 2. The van der Waals surface area contributed by atoms with E-state index < -0.39 is 11.8 Å². The maximum absolute atomic E-state index is 12.6. The molecule has 0 radical (unpaired) electrons. The van der Waals surface area contributed by atoms with Gasteiger partial charge in [-0.15, -0.1) is 0 Å². The second-order valence-corrected chi connectivity index (χ2v) is 4.48. The highest BCUT2D eigenvalue weighted by Gasteiger charge is 2.56. The third kappa shape index (κ3) is 2.61. The molecule has 1 N–H and O–H groups in total. The zero-order valence-electron chi connectivity index (χ0n) is 9.24. The van der Waals surface area contributed by atoms with Crippen molar-refractivity contribution in [2.24, 2.45) is 0 Å². The van der Waals surface area contributed by atoms with Gasteiger partial charge in [0, 0.05) is 19.6 Å². The van der Waals surface area contributed by atoms with Crippen LogP contribution in [-0.4, -0.2) is 34.9 Å². The van der Waals surface area contributed by atoms with Crippen LogP contribution >= 0.6 is 0 Å². The summed E-state index contributed by atoms with van der Waals surface area (Å²) in [7, 11) is 0. The Morgan fingerprint density at radius 2 is 1.88 bits per heavy atom. The predicted octanol–water partition coefficient (Wildman–Crippen LogP) is 2.19. The standard InChI is InChI=1S/C12H14F3NO/c13-12(14,15)11(17)6-7-16(9-11)8-10-4-2-1-3-5-10/h1-5,17H,6-9H2/t11-/m1/s1. The molecule has 1 aromatic carbocycles. The van der Waals surface area contributed by atoms with Crippen LogP contribution in [0, 0.1) is 0 Å². The molecule has 1 fully saturated rings. The van der Waals surface area contributed by atoms with E-state index in [1.165, 1.54) is 0 Å². The maximum atomic E-state index is 12.6. The largest absolute Gasteiger partial charge is 0.418 e. The zero-order chi connectivity index (χ0) is 12.5. The third-order valence-corrected chi connectivity index (χ3v) is 3.10. The van der Waals surface area contributed by atoms with Gasteiger partial charge in [0.25, 0.3) is 0 Å². The lowest BCUT2D eigenvalue weighted by Crippen LogP contribution is -2.47. The highest BCUT2D eigenvalue weighted by atomic mass is 19.4. The Labute approximate surface area is 97.7 Å². The van der Waals surface area contributed by atoms with Crippen molar-refractivity contribution >= 4 is 0 Å². The van der Waals surface area contributed by atoms with E-state index in [9.17, 15) is 18.3 Å². The van der Waals surface area contributed by atoms with Crippen LogP contribution in [0.3, 0.4) is 0 Å². The average Bonchev–Trinajstić information content (AvgIpc) is 2.62. The summed E-state index contributed by atoms with van der Waals surface area (Å²) in [6, 6.07) is 9.29. The van der Waals surface area contributed by atoms with Crippen molar-refractivity contribution in [2.75, 3.05) is 13.1 Å². The molecular formula is C12H14F3NO. The van der Waals surface area contributed by atoms with Crippen molar-refractivity contribution in [3.8, 4) is 0 Å². The van der Waals surface area contributed by atoms with E-state index in [2.05, 4.69) is 0 Å². The average molecular weight is 245 g/mol. The Kier molecular flexibility index (Phi) is 3.14. The molecule has 5 heteroatoms. The van der Waals surface area contributed by atoms with Crippen molar-refractivity contribution in [2.45, 2.75) is 24.7 Å². The molecule has 0 unspecified atom stereocenters. The van der Waals surface area contributed by atoms with E-state index in [4.69, 9.17) is 0 Å². The van der Waals surface area contributed by atoms with E-state index >= 15 is 0 Å². The Morgan fingerprint density at radius 3 is 2.41 bits per heavy atom. The first-order valence-corrected chi connectivity index (χ1v) is 5.46. The van der Waals surface area contributed by atoms with Crippen LogP contribution in [0.15, 0.2) is 30.3 Å². The predicted molar refractivity (Wildman–Crippen MR) is 57.3 cm³/mol. The van der Waals surface area contributed by atoms with Crippen LogP contribution < -0.4 is 0 Å². The number of hydrogen-bond acceptors (Lipinski definition) is 2. The molecule has 1 aliphatic rings. The molecule has 0 spiro atoms. The Morgan fingerprint density at radius 1 is 1.24 bits per heavy atom. The number of β-amino-alcohol motifs (C(OH)–C–C–N with tert-alkyl or cyclic N) is 1. The van der Waals surface area contributed by atoms with Gasteiger partial charge in [-0.3, -0.25) is 4.90 Å². The molecule has 0 bridgehead atoms. The highest BCUT2D eigenvalue weighted by molar-refractivity contribution is 5.15. The Bertz CT molecular complexity index is 379. The zero-order valence-corrected chi connectivity index (χ0v) is 9.24. The fourth-order valence-electron chi connectivity index (χ4n) is 2.08. The van der Waals surface area contributed by atoms with Gasteiger partial charge in [-0.2, -0.15) is 13.2 Å². The summed E-state index contributed by atoms with van der Waals surface area (Å²) in [5, 5.41) is 9.51. The second kappa shape index (κ2) is 4.31. The molecule has 17 heavy (non-hydrogen) atoms. The Balaban J connectivity index is 1.99. The van der Waals surface area contributed by atoms with Crippen LogP contribution in [0.4, 0.5) is 13.2 Å². The van der Waals surface area contributed by atoms with Crippen LogP contribution in [0.2, 0.25) is 0 Å². The number of aliphatic hydroxyl groups is 1. The molecule has 1 saturated heterocycles. The van der Waals surface area contributed by atoms with Crippen molar-refractivity contribution in [3.63, 3.8) is 0 Å². The van der Waals surface area contributed by atoms with Gasteiger partial charge in [0.2, 0.25) is 0 Å². The molecule has 1 atom stereocenters. The summed E-state index contributed by atoms with van der Waals surface area (Å²) < 4.78 is 37.7. The molecule has 1 aromatic rings. The molecule has 0 amide bonds. The van der Waals surface area contributed by atoms with Gasteiger partial charge in [0.15, 0.2) is 5.60 Å². The van der Waals surface area contributed by atoms with Crippen molar-refractivity contribution in [1.29, 1.82) is 0 Å². The highest BCUT2D eigenvalue weighted by Crippen LogP contribution is 2.37. The van der Waals surface area contributed by atoms with E-state index in [1.54, 1.807) is 4.90 Å². The molecule has 1 aliphatic heterocycles. The molecule has 2 rings (SSSR count). The molecule has 2 nitrogen and oxygen atoms in total. The monoisotopic (exact) mass is 245 g/mol. The van der Waals surface area contributed by atoms with Gasteiger partial charge >= 0.3 is 6.18 Å². The molecule has 94 valence electrons. The maximum Gasteiger partial charge on any atom is 0.418 e. The Hall–Kier alpha value is -1.07. The first-order chi connectivity index (χ1) is 7.91. The van der Waals surface area contributed by atoms with E-state index in [1.807, 2.05) is 30.3 Å². The first-order valence-electron chi connectivity index (χ1n) is 5.46. The minimum absolute atomic E-state index is 0.247. The van der Waals surface area contributed by atoms with E-state index in [-0.39, 0.29) is 19.5 Å². The van der Waals surface area contributed by atoms with Crippen molar-refractivity contribution in [1.82, 2.24) is 4.90 Å². The van der Waals surface area contributed by atoms with Crippen LogP contribution in [-0.2, 0) is 6.54 Å². The lowest BCUT2D eigenvalue weighted by molar-refractivity contribution is -0.254. The minimum atomic E-state index is -4.54. The van der Waals surface area contributed by atoms with Crippen molar-refractivity contribution in [3.05, 3.63) is 35.9 Å². The quantitative estimate of drug-likeness (QED) is 0.863. The normalized spacial score (nSPS) is 26.4. The number of likely N-dealkylation sites (tertiary alicyclic amines) is 1. The third-order valence-electron chi connectivity index (χ3n) is 3.10. The number of hydrogen-bond donors (Lipinski definition) is 1. The molecule has 0 aromatic heterocycles. The van der Waals surface area contributed by atoms with E-state index in [0.717, 1.165) is 5.56 Å². The first kappa shape index (κ1) is 12.4. The van der Waals surface area contributed by atoms with E-state index in [0.29, 0.717) is 6.54 Å². The van der Waals surface area contributed by atoms with Crippen LogP contribution in [0.25, 0.3) is 0 Å². The lowest BCUT2D eigenvalue weighted by atomic mass is 10.0. The van der Waals surface area contributed by atoms with Gasteiger partial charge in [-0.05, 0) is 12.0 Å². The van der Waals surface area contributed by atoms with Gasteiger partial charge < -0.3 is 5.11 Å². The van der Waals surface area contributed by atoms with Gasteiger partial charge in [-0.25, -0.2) is 0 Å². The summed E-state index contributed by atoms with van der Waals surface area (Å²) in [5.41, 5.74) is -1.58. The van der Waals surface area contributed by atoms with Gasteiger partial charge in [-0.1, -0.05) is 30.3 Å². The minimum Gasteiger partial charge on any atom is -0.379 e. The molecule has 0 saturated carbocycles. The second-order valence-electron chi connectivity index (χ2n) is 4.48. The topological polar surface area (TPSA) is 23.5 Å². The fourth-order valence-corrected chi connectivity index (χ4v) is 2.08. The summed E-state index contributed by atoms with van der Waals surface area (Å²) in [5.74, 6) is 0. The van der Waals surface area contributed by atoms with Crippen LogP contribution in [0.1, 0.15) is 12.0 Å². The van der Waals surface area contributed by atoms with Gasteiger partial charge in [0.1, 0.15) is 0 Å². The summed E-state index contributed by atoms with van der Waals surface area (Å²) in [6.45, 7) is 0.371. The number of nitrogens with zero attached hydrogens (tertiary/aromatic N) is 1. The summed E-state index contributed by atoms with van der Waals surface area (Å²) in [6.07, 6.45) is -4.79. The smallest absolute Gasteiger partial charge is 0.379 e. The molecular weight excluding hydrogens is 231 g/mol. The number of halogens is 3. The van der Waals surface area contributed by atoms with Crippen molar-refractivity contribution < 1.29 is 18.3 Å². The summed E-state index contributed by atoms with van der Waals surface area (Å²) >= 11 is 0. The molecule has 1 heterocycles. The number of alkyl halides is 3. The lowest BCUT2D eigenvalue weighted by Gasteiger charge is -2.26. The molecule has 0 aliphatic carbocycles. The SMILES string of the molecule is O[C@]1(C(F)(F)F)CCN(Cc2ccccc2)C1. The summed E-state index contributed by atoms with van der Waals surface area (Å²) in [4.78, 5) is 1.63. The number of benzene rings is 1.